The number of alkyl halides is 2. The van der Waals surface area contributed by atoms with Crippen molar-refractivity contribution in [3.63, 3.8) is 0 Å². The van der Waals surface area contributed by atoms with Gasteiger partial charge in [-0.1, -0.05) is 35.4 Å². The Hall–Kier alpha value is -1.38. The molecule has 0 saturated heterocycles. The largest absolute Gasteiger partial charge is 0.427 e. The zero-order chi connectivity index (χ0) is 13.9. The van der Waals surface area contributed by atoms with Gasteiger partial charge in [0.2, 0.25) is 0 Å². The van der Waals surface area contributed by atoms with Gasteiger partial charge in [-0.05, 0) is 61.3 Å². The zero-order valence-corrected chi connectivity index (χ0v) is 12.2. The monoisotopic (exact) mass is 296 g/mol. The van der Waals surface area contributed by atoms with Gasteiger partial charge in [-0.25, -0.2) is 0 Å². The van der Waals surface area contributed by atoms with E-state index in [9.17, 15) is 0 Å². The van der Waals surface area contributed by atoms with Crippen LogP contribution in [0.4, 0.5) is 0 Å². The molecule has 0 saturated carbocycles. The van der Waals surface area contributed by atoms with Gasteiger partial charge in [-0.15, -0.1) is 0 Å². The van der Waals surface area contributed by atoms with Crippen LogP contribution in [0.3, 0.4) is 0 Å². The molecule has 0 aliphatic rings. The fourth-order valence-electron chi connectivity index (χ4n) is 1.51. The van der Waals surface area contributed by atoms with Crippen molar-refractivity contribution in [1.29, 1.82) is 0 Å². The van der Waals surface area contributed by atoms with Gasteiger partial charge in [-0.2, -0.15) is 0 Å². The third-order valence-electron chi connectivity index (χ3n) is 2.52. The number of aryl methyl sites for hydroxylation is 2. The molecule has 0 aliphatic heterocycles. The Bertz CT molecular complexity index is 484. The van der Waals surface area contributed by atoms with Crippen molar-refractivity contribution in [2.24, 2.45) is 0 Å². The quantitative estimate of drug-likeness (QED) is 0.593. The van der Waals surface area contributed by atoms with Crippen molar-refractivity contribution in [2.45, 2.75) is 18.6 Å². The van der Waals surface area contributed by atoms with E-state index in [0.717, 1.165) is 11.1 Å². The number of hydrogen-bond donors (Lipinski definition) is 0. The van der Waals surface area contributed by atoms with Crippen LogP contribution in [0.2, 0.25) is 0 Å². The number of halogens is 2. The standard InChI is InChI=1S/C15H14Cl2O2/c1-11-3-7-13(8-4-11)18-15(16,17)19-14-9-5-12(2)6-10-14/h3-10H,1-2H3. The second-order valence-corrected chi connectivity index (χ2v) is 5.48. The van der Waals surface area contributed by atoms with Crippen molar-refractivity contribution in [2.75, 3.05) is 0 Å². The highest BCUT2D eigenvalue weighted by atomic mass is 35.5. The van der Waals surface area contributed by atoms with E-state index in [1.165, 1.54) is 0 Å². The van der Waals surface area contributed by atoms with Crippen LogP contribution in [-0.4, -0.2) is 4.71 Å². The average Bonchev–Trinajstić information content (AvgIpc) is 2.34. The van der Waals surface area contributed by atoms with Crippen LogP contribution >= 0.6 is 23.2 Å². The first-order chi connectivity index (χ1) is 8.94. The fraction of sp³-hybridized carbons (Fsp3) is 0.200. The topological polar surface area (TPSA) is 18.5 Å². The summed E-state index contributed by atoms with van der Waals surface area (Å²) in [5.74, 6) is 1.09. The van der Waals surface area contributed by atoms with E-state index in [2.05, 4.69) is 0 Å². The summed E-state index contributed by atoms with van der Waals surface area (Å²) in [6.45, 7) is 3.97. The fourth-order valence-corrected chi connectivity index (χ4v) is 1.86. The van der Waals surface area contributed by atoms with E-state index >= 15 is 0 Å². The van der Waals surface area contributed by atoms with Crippen molar-refractivity contribution in [3.8, 4) is 11.5 Å². The Morgan fingerprint density at radius 2 is 1.00 bits per heavy atom. The normalized spacial score (nSPS) is 11.2. The van der Waals surface area contributed by atoms with Crippen LogP contribution < -0.4 is 9.47 Å². The van der Waals surface area contributed by atoms with Gasteiger partial charge >= 0.3 is 4.71 Å². The molecule has 100 valence electrons. The Morgan fingerprint density at radius 3 is 1.32 bits per heavy atom. The molecule has 0 aliphatic carbocycles. The summed E-state index contributed by atoms with van der Waals surface area (Å²) in [4.78, 5) is 0. The Labute approximate surface area is 122 Å². The first-order valence-corrected chi connectivity index (χ1v) is 6.59. The molecule has 0 atom stereocenters. The third-order valence-corrected chi connectivity index (χ3v) is 2.82. The number of rotatable bonds is 4. The molecule has 2 rings (SSSR count). The minimum absolute atomic E-state index is 0.544. The van der Waals surface area contributed by atoms with E-state index in [4.69, 9.17) is 32.7 Å². The van der Waals surface area contributed by atoms with Gasteiger partial charge in [0.15, 0.2) is 0 Å². The Kier molecular flexibility index (Phi) is 4.23. The van der Waals surface area contributed by atoms with Crippen LogP contribution in [0.5, 0.6) is 11.5 Å². The molecule has 0 fully saturated rings. The zero-order valence-electron chi connectivity index (χ0n) is 10.7. The summed E-state index contributed by atoms with van der Waals surface area (Å²) in [6, 6.07) is 14.8. The van der Waals surface area contributed by atoms with Crippen LogP contribution in [0.25, 0.3) is 0 Å². The smallest absolute Gasteiger partial charge is 0.419 e. The molecule has 0 spiro atoms. The summed E-state index contributed by atoms with van der Waals surface area (Å²) >= 11 is 12.0. The lowest BCUT2D eigenvalue weighted by Crippen LogP contribution is -2.29. The van der Waals surface area contributed by atoms with Gasteiger partial charge in [0, 0.05) is 0 Å². The van der Waals surface area contributed by atoms with E-state index in [0.29, 0.717) is 11.5 Å². The molecule has 0 bridgehead atoms. The predicted molar refractivity (Wildman–Crippen MR) is 78.1 cm³/mol. The summed E-state index contributed by atoms with van der Waals surface area (Å²) in [7, 11) is 0. The van der Waals surface area contributed by atoms with Gasteiger partial charge < -0.3 is 9.47 Å². The second-order valence-electron chi connectivity index (χ2n) is 4.29. The molecule has 2 aromatic rings. The maximum Gasteiger partial charge on any atom is 0.419 e. The maximum atomic E-state index is 6.01. The molecule has 0 amide bonds. The van der Waals surface area contributed by atoms with Crippen LogP contribution in [0, 0.1) is 13.8 Å². The van der Waals surface area contributed by atoms with Crippen LogP contribution in [-0.2, 0) is 0 Å². The predicted octanol–water partition coefficient (Wildman–Crippen LogP) is 4.85. The summed E-state index contributed by atoms with van der Waals surface area (Å²) < 4.78 is 9.04. The van der Waals surface area contributed by atoms with Gasteiger partial charge in [0.1, 0.15) is 11.5 Å². The lowest BCUT2D eigenvalue weighted by Gasteiger charge is -2.22. The van der Waals surface area contributed by atoms with E-state index in [1.807, 2.05) is 38.1 Å². The molecule has 19 heavy (non-hydrogen) atoms. The van der Waals surface area contributed by atoms with Gasteiger partial charge in [0.05, 0.1) is 0 Å². The lowest BCUT2D eigenvalue weighted by atomic mass is 10.2. The van der Waals surface area contributed by atoms with Crippen molar-refractivity contribution in [1.82, 2.24) is 0 Å². The maximum absolute atomic E-state index is 6.01. The SMILES string of the molecule is Cc1ccc(OC(Cl)(Cl)Oc2ccc(C)cc2)cc1. The highest BCUT2D eigenvalue weighted by molar-refractivity contribution is 6.46. The lowest BCUT2D eigenvalue weighted by molar-refractivity contribution is 0.0371. The Morgan fingerprint density at radius 1 is 0.684 bits per heavy atom. The second kappa shape index (κ2) is 5.72. The van der Waals surface area contributed by atoms with E-state index in [-0.39, 0.29) is 0 Å². The van der Waals surface area contributed by atoms with E-state index < -0.39 is 4.71 Å². The minimum Gasteiger partial charge on any atom is -0.427 e. The van der Waals surface area contributed by atoms with Crippen LogP contribution in [0.1, 0.15) is 11.1 Å². The molecule has 0 heterocycles. The average molecular weight is 297 g/mol. The van der Waals surface area contributed by atoms with Crippen molar-refractivity contribution >= 4 is 23.2 Å². The van der Waals surface area contributed by atoms with Gasteiger partial charge in [0.25, 0.3) is 0 Å². The highest BCUT2D eigenvalue weighted by Gasteiger charge is 2.29. The van der Waals surface area contributed by atoms with Crippen molar-refractivity contribution in [3.05, 3.63) is 59.7 Å². The molecule has 2 aromatic carbocycles. The van der Waals surface area contributed by atoms with Crippen molar-refractivity contribution < 1.29 is 9.47 Å². The minimum atomic E-state index is -1.76. The molecule has 0 N–H and O–H groups in total. The molecule has 2 nitrogen and oxygen atoms in total. The third kappa shape index (κ3) is 4.34. The molecule has 0 radical (unpaired) electrons. The summed E-state index contributed by atoms with van der Waals surface area (Å²) in [5.41, 5.74) is 2.25. The van der Waals surface area contributed by atoms with Crippen LogP contribution in [0.15, 0.2) is 48.5 Å². The van der Waals surface area contributed by atoms with Gasteiger partial charge in [-0.3, -0.25) is 0 Å². The first-order valence-electron chi connectivity index (χ1n) is 5.84. The molecular weight excluding hydrogens is 283 g/mol. The summed E-state index contributed by atoms with van der Waals surface area (Å²) in [6.07, 6.45) is 0. The Balaban J connectivity index is 2.05. The first kappa shape index (κ1) is 14.0. The molecular formula is C15H14Cl2O2. The van der Waals surface area contributed by atoms with E-state index in [1.54, 1.807) is 24.3 Å². The number of ether oxygens (including phenoxy) is 2. The molecule has 4 heteroatoms. The molecule has 0 aromatic heterocycles. The number of hydrogen-bond acceptors (Lipinski definition) is 2. The summed E-state index contributed by atoms with van der Waals surface area (Å²) in [5, 5.41) is 0. The number of benzene rings is 2. The highest BCUT2D eigenvalue weighted by Crippen LogP contribution is 2.29. The molecule has 0 unspecified atom stereocenters.